The van der Waals surface area contributed by atoms with Crippen LogP contribution in [0.2, 0.25) is 0 Å². The lowest BCUT2D eigenvalue weighted by Crippen LogP contribution is -2.27. The van der Waals surface area contributed by atoms with Crippen molar-refractivity contribution in [1.29, 1.82) is 0 Å². The van der Waals surface area contributed by atoms with Crippen LogP contribution in [0.3, 0.4) is 0 Å². The Morgan fingerprint density at radius 3 is 2.38 bits per heavy atom. The fourth-order valence-corrected chi connectivity index (χ4v) is 2.91. The fourth-order valence-electron chi connectivity index (χ4n) is 2.24. The maximum absolute atomic E-state index is 5.87. The molecule has 1 saturated carbocycles. The van der Waals surface area contributed by atoms with E-state index < -0.39 is 0 Å². The molecule has 1 fully saturated rings. The van der Waals surface area contributed by atoms with Gasteiger partial charge in [-0.25, -0.2) is 0 Å². The van der Waals surface area contributed by atoms with Crippen LogP contribution in [-0.4, -0.2) is 12.4 Å². The van der Waals surface area contributed by atoms with E-state index in [0.29, 0.717) is 5.41 Å². The third kappa shape index (κ3) is 2.95. The van der Waals surface area contributed by atoms with Crippen LogP contribution >= 0.6 is 28.6 Å². The van der Waals surface area contributed by atoms with Crippen molar-refractivity contribution in [1.82, 2.24) is 0 Å². The molecule has 0 amide bonds. The lowest BCUT2D eigenvalue weighted by molar-refractivity contribution is 0.173. The van der Waals surface area contributed by atoms with Crippen molar-refractivity contribution in [3.8, 4) is 5.75 Å². The summed E-state index contributed by atoms with van der Waals surface area (Å²) in [4.78, 5) is 0. The molecule has 1 aromatic carbocycles. The third-order valence-corrected chi connectivity index (χ3v) is 4.56. The molecule has 1 nitrogen and oxygen atoms in total. The molecule has 0 bridgehead atoms. The van der Waals surface area contributed by atoms with Crippen molar-refractivity contribution in [3.63, 3.8) is 0 Å². The van der Waals surface area contributed by atoms with Gasteiger partial charge in [0.25, 0.3) is 0 Å². The van der Waals surface area contributed by atoms with E-state index in [2.05, 4.69) is 28.6 Å². The molecule has 0 unspecified atom stereocenters. The summed E-state index contributed by atoms with van der Waals surface area (Å²) in [6, 6.07) is 8.03. The van der Waals surface area contributed by atoms with Crippen LogP contribution in [0.15, 0.2) is 28.7 Å². The third-order valence-electron chi connectivity index (χ3n) is 3.36. The molecule has 1 aliphatic rings. The van der Waals surface area contributed by atoms with Gasteiger partial charge in [-0.05, 0) is 42.9 Å². The summed E-state index contributed by atoms with van der Waals surface area (Å²) >= 11 is 7.90. The summed E-state index contributed by atoms with van der Waals surface area (Å²) in [7, 11) is 0. The molecule has 0 atom stereocenters. The minimum atomic E-state index is 0.316. The average Bonchev–Trinajstić information content (AvgIpc) is 2.78. The van der Waals surface area contributed by atoms with Gasteiger partial charge in [0, 0.05) is 9.89 Å². The van der Waals surface area contributed by atoms with E-state index in [1.807, 2.05) is 24.3 Å². The van der Waals surface area contributed by atoms with Gasteiger partial charge in [-0.1, -0.05) is 28.8 Å². The summed E-state index contributed by atoms with van der Waals surface area (Å²) in [5.74, 6) is 1.89. The summed E-state index contributed by atoms with van der Waals surface area (Å²) in [5, 5.41) is 0. The van der Waals surface area contributed by atoms with Crippen LogP contribution in [0.5, 0.6) is 5.75 Å². The first-order valence-corrected chi connectivity index (χ1v) is 7.16. The molecule has 2 rings (SSSR count). The highest BCUT2D eigenvalue weighted by atomic mass is 79.9. The highest BCUT2D eigenvalue weighted by Crippen LogP contribution is 2.39. The van der Waals surface area contributed by atoms with E-state index in [1.54, 1.807) is 0 Å². The smallest absolute Gasteiger partial charge is 0.119 e. The summed E-state index contributed by atoms with van der Waals surface area (Å²) in [5.41, 5.74) is 0.316. The highest BCUT2D eigenvalue weighted by molar-refractivity contribution is 9.10. The largest absolute Gasteiger partial charge is 0.493 e. The second kappa shape index (κ2) is 5.46. The summed E-state index contributed by atoms with van der Waals surface area (Å²) in [6.07, 6.45) is 5.16. The van der Waals surface area contributed by atoms with Gasteiger partial charge in [0.1, 0.15) is 5.75 Å². The van der Waals surface area contributed by atoms with Crippen LogP contribution in [0.4, 0.5) is 0 Å². The molecule has 0 aliphatic heterocycles. The van der Waals surface area contributed by atoms with Gasteiger partial charge in [0.2, 0.25) is 0 Å². The molecule has 88 valence electrons. The zero-order valence-corrected chi connectivity index (χ0v) is 11.8. The van der Waals surface area contributed by atoms with E-state index in [9.17, 15) is 0 Å². The number of ether oxygens (including phenoxy) is 1. The first kappa shape index (κ1) is 12.3. The Hall–Kier alpha value is -0.150. The maximum atomic E-state index is 5.87. The van der Waals surface area contributed by atoms with Gasteiger partial charge < -0.3 is 4.74 Å². The molecule has 0 N–H and O–H groups in total. The van der Waals surface area contributed by atoms with Crippen molar-refractivity contribution < 1.29 is 4.74 Å². The normalized spacial score (nSPS) is 18.6. The van der Waals surface area contributed by atoms with E-state index in [-0.39, 0.29) is 0 Å². The predicted octanol–water partition coefficient (Wildman–Crippen LogP) is 4.32. The molecular weight excluding hydrogens is 284 g/mol. The molecule has 0 saturated heterocycles. The van der Waals surface area contributed by atoms with Gasteiger partial charge in [-0.15, -0.1) is 0 Å². The Kier molecular flexibility index (Phi) is 4.20. The van der Waals surface area contributed by atoms with Gasteiger partial charge in [0.05, 0.1) is 6.61 Å². The Morgan fingerprint density at radius 1 is 1.19 bits per heavy atom. The van der Waals surface area contributed by atoms with Crippen LogP contribution in [0.25, 0.3) is 0 Å². The minimum Gasteiger partial charge on any atom is -0.493 e. The fraction of sp³-hybridized carbons (Fsp3) is 0.538. The molecule has 1 aliphatic carbocycles. The molecule has 3 heteroatoms. The van der Waals surface area contributed by atoms with Gasteiger partial charge in [-0.2, -0.15) is 12.6 Å². The minimum absolute atomic E-state index is 0.316. The van der Waals surface area contributed by atoms with E-state index >= 15 is 0 Å². The maximum Gasteiger partial charge on any atom is 0.119 e. The van der Waals surface area contributed by atoms with Crippen LogP contribution in [0.1, 0.15) is 25.7 Å². The number of halogens is 1. The monoisotopic (exact) mass is 300 g/mol. The SMILES string of the molecule is SCC1(COc2ccc(Br)cc2)CCCC1. The van der Waals surface area contributed by atoms with Crippen LogP contribution in [-0.2, 0) is 0 Å². The second-order valence-corrected chi connectivity index (χ2v) is 5.84. The second-order valence-electron chi connectivity index (χ2n) is 4.61. The first-order valence-electron chi connectivity index (χ1n) is 5.73. The van der Waals surface area contributed by atoms with Crippen LogP contribution < -0.4 is 4.74 Å². The standard InChI is InChI=1S/C13H17BrOS/c14-11-3-5-12(6-4-11)15-9-13(10-16)7-1-2-8-13/h3-6,16H,1-2,7-10H2. The molecule has 16 heavy (non-hydrogen) atoms. The average molecular weight is 301 g/mol. The number of rotatable bonds is 4. The van der Waals surface area contributed by atoms with Crippen molar-refractivity contribution in [3.05, 3.63) is 28.7 Å². The topological polar surface area (TPSA) is 9.23 Å². The zero-order valence-electron chi connectivity index (χ0n) is 9.29. The van der Waals surface area contributed by atoms with E-state index in [0.717, 1.165) is 22.6 Å². The number of thiol groups is 1. The van der Waals surface area contributed by atoms with Crippen molar-refractivity contribution in [2.24, 2.45) is 5.41 Å². The zero-order chi connectivity index (χ0) is 11.4. The highest BCUT2D eigenvalue weighted by Gasteiger charge is 2.33. The van der Waals surface area contributed by atoms with Gasteiger partial charge in [-0.3, -0.25) is 0 Å². The first-order chi connectivity index (χ1) is 7.74. The number of hydrogen-bond acceptors (Lipinski definition) is 2. The Bertz CT molecular complexity index is 330. The van der Waals surface area contributed by atoms with Crippen molar-refractivity contribution in [2.45, 2.75) is 25.7 Å². The van der Waals surface area contributed by atoms with Crippen molar-refractivity contribution in [2.75, 3.05) is 12.4 Å². The Morgan fingerprint density at radius 2 is 1.81 bits per heavy atom. The quantitative estimate of drug-likeness (QED) is 0.815. The van der Waals surface area contributed by atoms with Gasteiger partial charge >= 0.3 is 0 Å². The number of benzene rings is 1. The predicted molar refractivity (Wildman–Crippen MR) is 74.4 cm³/mol. The molecule has 0 radical (unpaired) electrons. The van der Waals surface area contributed by atoms with Crippen LogP contribution in [0, 0.1) is 5.41 Å². The molecule has 0 spiro atoms. The molecule has 0 aromatic heterocycles. The summed E-state index contributed by atoms with van der Waals surface area (Å²) < 4.78 is 6.96. The molecule has 1 aromatic rings. The lowest BCUT2D eigenvalue weighted by Gasteiger charge is -2.26. The molecular formula is C13H17BrOS. The van der Waals surface area contributed by atoms with Gasteiger partial charge in [0.15, 0.2) is 0 Å². The summed E-state index contributed by atoms with van der Waals surface area (Å²) in [6.45, 7) is 0.804. The van der Waals surface area contributed by atoms with Crippen molar-refractivity contribution >= 4 is 28.6 Å². The Balaban J connectivity index is 1.93. The lowest BCUT2D eigenvalue weighted by atomic mass is 9.90. The Labute approximate surface area is 111 Å². The van der Waals surface area contributed by atoms with E-state index in [4.69, 9.17) is 4.74 Å². The van der Waals surface area contributed by atoms with E-state index in [1.165, 1.54) is 25.7 Å². The number of hydrogen-bond donors (Lipinski definition) is 1. The molecule has 0 heterocycles.